The van der Waals surface area contributed by atoms with Crippen molar-refractivity contribution in [3.05, 3.63) is 92.0 Å². The maximum absolute atomic E-state index is 15.1. The summed E-state index contributed by atoms with van der Waals surface area (Å²) in [6, 6.07) is 6.53. The van der Waals surface area contributed by atoms with Crippen molar-refractivity contribution in [3.63, 3.8) is 0 Å². The largest absolute Gasteiger partial charge is 0.492 e. The second kappa shape index (κ2) is 7.87. The van der Waals surface area contributed by atoms with Crippen molar-refractivity contribution in [2.45, 2.75) is 13.0 Å². The van der Waals surface area contributed by atoms with E-state index in [1.807, 2.05) is 0 Å². The number of aromatic nitrogens is 4. The molecule has 0 bridgehead atoms. The molecule has 180 valence electrons. The van der Waals surface area contributed by atoms with Crippen LogP contribution in [0, 0.1) is 11.6 Å². The van der Waals surface area contributed by atoms with E-state index in [2.05, 4.69) is 15.0 Å². The lowest BCUT2D eigenvalue weighted by atomic mass is 10.00. The third-order valence-electron chi connectivity index (χ3n) is 6.38. The first-order chi connectivity index (χ1) is 17.3. The fourth-order valence-electron chi connectivity index (χ4n) is 4.82. The maximum Gasteiger partial charge on any atom is 0.353 e. The normalized spacial score (nSPS) is 12.7. The van der Waals surface area contributed by atoms with Crippen LogP contribution in [0.25, 0.3) is 32.9 Å². The molecule has 1 aliphatic rings. The molecule has 0 unspecified atom stereocenters. The fraction of sp³-hybridized carbons (Fsp3) is 0.120. The molecule has 0 amide bonds. The number of halogens is 2. The number of nitrogens with one attached hydrogen (secondary N) is 2. The number of carbonyl (C=O) groups is 1. The molecule has 3 aromatic heterocycles. The Bertz CT molecular complexity index is 1850. The molecule has 36 heavy (non-hydrogen) atoms. The van der Waals surface area contributed by atoms with Crippen molar-refractivity contribution < 1.29 is 23.4 Å². The van der Waals surface area contributed by atoms with E-state index in [4.69, 9.17) is 4.74 Å². The first kappa shape index (κ1) is 21.7. The molecule has 0 aliphatic carbocycles. The van der Waals surface area contributed by atoms with Crippen LogP contribution in [0.2, 0.25) is 0 Å². The van der Waals surface area contributed by atoms with Crippen LogP contribution >= 0.6 is 0 Å². The highest BCUT2D eigenvalue weighted by Gasteiger charge is 2.32. The van der Waals surface area contributed by atoms with Gasteiger partial charge in [0.1, 0.15) is 23.1 Å². The molecule has 0 atom stereocenters. The molecular formula is C25H16F2N4O5. The smallest absolute Gasteiger partial charge is 0.353 e. The first-order valence-electron chi connectivity index (χ1n) is 10.9. The van der Waals surface area contributed by atoms with E-state index in [-0.39, 0.29) is 75.1 Å². The van der Waals surface area contributed by atoms with Gasteiger partial charge in [-0.15, -0.1) is 0 Å². The van der Waals surface area contributed by atoms with Gasteiger partial charge in [0.2, 0.25) is 0 Å². The number of hydrogen-bond donors (Lipinski definition) is 3. The molecule has 0 spiro atoms. The number of carboxylic acid groups (broad SMARTS) is 1. The minimum atomic E-state index is -1.41. The molecule has 0 saturated carbocycles. The van der Waals surface area contributed by atoms with E-state index in [0.29, 0.717) is 0 Å². The van der Waals surface area contributed by atoms with Gasteiger partial charge in [-0.25, -0.2) is 18.6 Å². The lowest BCUT2D eigenvalue weighted by Gasteiger charge is -2.11. The number of pyridine rings is 1. The number of nitrogens with zero attached hydrogens (tertiary/aromatic N) is 2. The van der Waals surface area contributed by atoms with Crippen molar-refractivity contribution in [3.8, 4) is 16.9 Å². The van der Waals surface area contributed by atoms with E-state index >= 15 is 8.78 Å². The van der Waals surface area contributed by atoms with Gasteiger partial charge in [0.05, 0.1) is 46.8 Å². The number of fused-ring (bicyclic) bond motifs is 4. The molecule has 4 heterocycles. The first-order valence-corrected chi connectivity index (χ1v) is 10.9. The molecule has 1 aliphatic heterocycles. The second-order valence-electron chi connectivity index (χ2n) is 8.38. The van der Waals surface area contributed by atoms with Crippen LogP contribution in [0.1, 0.15) is 21.6 Å². The standard InChI is InChI=1S/C25H16F2N4O5/c26-15-7-17-14(24(33)30-10-29-17)6-11(15)9-31-18-8-16(27)12-3-5-36-22(12)20(18)19(21(31)25(34)35)13-2-1-4-28-23(13)32/h1-2,4,6-8,10H,3,5,9H2,(H,28,32)(H,34,35)(H,29,30,33). The lowest BCUT2D eigenvalue weighted by Crippen LogP contribution is -2.14. The van der Waals surface area contributed by atoms with Crippen LogP contribution in [0.15, 0.2) is 52.4 Å². The van der Waals surface area contributed by atoms with Gasteiger partial charge in [0.25, 0.3) is 11.1 Å². The summed E-state index contributed by atoms with van der Waals surface area (Å²) in [6.45, 7) is -0.171. The number of carboxylic acids is 1. The van der Waals surface area contributed by atoms with E-state index in [9.17, 15) is 19.5 Å². The number of rotatable bonds is 4. The van der Waals surface area contributed by atoms with Gasteiger partial charge in [0, 0.05) is 35.4 Å². The van der Waals surface area contributed by atoms with Crippen LogP contribution in [-0.4, -0.2) is 37.2 Å². The highest BCUT2D eigenvalue weighted by Crippen LogP contribution is 2.44. The van der Waals surface area contributed by atoms with Gasteiger partial charge in [-0.1, -0.05) is 0 Å². The minimum absolute atomic E-state index is 0.0178. The zero-order chi connectivity index (χ0) is 25.1. The summed E-state index contributed by atoms with van der Waals surface area (Å²) in [7, 11) is 0. The summed E-state index contributed by atoms with van der Waals surface area (Å²) in [6.07, 6.45) is 2.84. The predicted octanol–water partition coefficient (Wildman–Crippen LogP) is 3.19. The SMILES string of the molecule is O=C(O)c1c(-c2ccc[nH]c2=O)c2c3c(c(F)cc2n1Cc1cc2c(=O)[nH]cnc2cc1F)CCO3. The topological polar surface area (TPSA) is 130 Å². The van der Waals surface area contributed by atoms with E-state index < -0.39 is 28.7 Å². The average Bonchev–Trinajstić information content (AvgIpc) is 3.44. The summed E-state index contributed by atoms with van der Waals surface area (Å²) >= 11 is 0. The van der Waals surface area contributed by atoms with Crippen LogP contribution in [-0.2, 0) is 13.0 Å². The molecule has 2 aromatic carbocycles. The summed E-state index contributed by atoms with van der Waals surface area (Å²) in [4.78, 5) is 46.5. The number of hydrogen-bond acceptors (Lipinski definition) is 5. The number of ether oxygens (including phenoxy) is 1. The molecule has 9 nitrogen and oxygen atoms in total. The summed E-state index contributed by atoms with van der Waals surface area (Å²) < 4.78 is 37.1. The summed E-state index contributed by atoms with van der Waals surface area (Å²) in [5.41, 5.74) is -0.802. The Labute approximate surface area is 199 Å². The molecule has 5 aromatic rings. The Hall–Kier alpha value is -4.80. The summed E-state index contributed by atoms with van der Waals surface area (Å²) in [5, 5.41) is 10.6. The van der Waals surface area contributed by atoms with Crippen LogP contribution < -0.4 is 15.9 Å². The molecule has 6 rings (SSSR count). The van der Waals surface area contributed by atoms with Crippen molar-refractivity contribution in [2.24, 2.45) is 0 Å². The fourth-order valence-corrected chi connectivity index (χ4v) is 4.82. The van der Waals surface area contributed by atoms with Gasteiger partial charge in [-0.2, -0.15) is 0 Å². The minimum Gasteiger partial charge on any atom is -0.492 e. The molecule has 0 radical (unpaired) electrons. The van der Waals surface area contributed by atoms with Crippen molar-refractivity contribution in [1.82, 2.24) is 19.5 Å². The van der Waals surface area contributed by atoms with Crippen molar-refractivity contribution in [2.75, 3.05) is 6.61 Å². The monoisotopic (exact) mass is 490 g/mol. The zero-order valence-corrected chi connectivity index (χ0v) is 18.4. The van der Waals surface area contributed by atoms with Crippen molar-refractivity contribution in [1.29, 1.82) is 0 Å². The highest BCUT2D eigenvalue weighted by molar-refractivity contribution is 6.11. The van der Waals surface area contributed by atoms with Crippen molar-refractivity contribution >= 4 is 27.8 Å². The molecular weight excluding hydrogens is 474 g/mol. The number of benzene rings is 2. The van der Waals surface area contributed by atoms with Crippen LogP contribution in [0.5, 0.6) is 5.75 Å². The van der Waals surface area contributed by atoms with Gasteiger partial charge in [-0.3, -0.25) is 9.59 Å². The van der Waals surface area contributed by atoms with E-state index in [1.165, 1.54) is 29.0 Å². The lowest BCUT2D eigenvalue weighted by molar-refractivity contribution is 0.0687. The number of aromatic carboxylic acids is 1. The average molecular weight is 490 g/mol. The second-order valence-corrected chi connectivity index (χ2v) is 8.38. The quantitative estimate of drug-likeness (QED) is 0.355. The summed E-state index contributed by atoms with van der Waals surface area (Å²) in [5.74, 6) is -2.57. The van der Waals surface area contributed by atoms with Crippen LogP contribution in [0.3, 0.4) is 0 Å². The van der Waals surface area contributed by atoms with E-state index in [0.717, 1.165) is 12.4 Å². The third-order valence-corrected chi connectivity index (χ3v) is 6.38. The number of H-pyrrole nitrogens is 2. The molecule has 0 fully saturated rings. The van der Waals surface area contributed by atoms with Gasteiger partial charge >= 0.3 is 5.97 Å². The number of aromatic amines is 2. The van der Waals surface area contributed by atoms with E-state index in [1.54, 1.807) is 6.07 Å². The van der Waals surface area contributed by atoms with Crippen LogP contribution in [0.4, 0.5) is 8.78 Å². The Kier molecular flexibility index (Phi) is 4.75. The molecule has 11 heteroatoms. The zero-order valence-electron chi connectivity index (χ0n) is 18.4. The van der Waals surface area contributed by atoms with Gasteiger partial charge in [-0.05, 0) is 24.3 Å². The molecule has 0 saturated heterocycles. The Morgan fingerprint density at radius 1 is 1.14 bits per heavy atom. The Morgan fingerprint density at radius 2 is 1.97 bits per heavy atom. The predicted molar refractivity (Wildman–Crippen MR) is 126 cm³/mol. The Morgan fingerprint density at radius 3 is 2.75 bits per heavy atom. The third kappa shape index (κ3) is 3.13. The van der Waals surface area contributed by atoms with Gasteiger partial charge in [0.15, 0.2) is 0 Å². The maximum atomic E-state index is 15.1. The highest BCUT2D eigenvalue weighted by atomic mass is 19.1. The Balaban J connectivity index is 1.71. The molecule has 3 N–H and O–H groups in total. The van der Waals surface area contributed by atoms with Gasteiger partial charge < -0.3 is 24.4 Å².